The van der Waals surface area contributed by atoms with E-state index in [2.05, 4.69) is 29.9 Å². The molecule has 0 unspecified atom stereocenters. The highest BCUT2D eigenvalue weighted by atomic mass is 16.4. The molecule has 2 fully saturated rings. The lowest BCUT2D eigenvalue weighted by molar-refractivity contribution is -0.151. The van der Waals surface area contributed by atoms with E-state index in [0.717, 1.165) is 32.6 Å². The minimum atomic E-state index is -0.827. The molecule has 2 aliphatic carbocycles. The summed E-state index contributed by atoms with van der Waals surface area (Å²) in [6.07, 6.45) is 6.80. The third-order valence-electron chi connectivity index (χ3n) is 6.61. The molecule has 7 heteroatoms. The molecule has 1 aromatic rings. The van der Waals surface area contributed by atoms with E-state index in [0.29, 0.717) is 13.1 Å². The largest absolute Gasteiger partial charge is 0.481 e. The van der Waals surface area contributed by atoms with Crippen LogP contribution in [0, 0.1) is 30.6 Å². The molecule has 1 amide bonds. The van der Waals surface area contributed by atoms with Crippen molar-refractivity contribution in [2.24, 2.45) is 23.7 Å². The van der Waals surface area contributed by atoms with Crippen molar-refractivity contribution in [1.82, 2.24) is 19.6 Å². The van der Waals surface area contributed by atoms with Crippen LogP contribution in [0.2, 0.25) is 0 Å². The van der Waals surface area contributed by atoms with Gasteiger partial charge in [-0.1, -0.05) is 12.2 Å². The van der Waals surface area contributed by atoms with E-state index in [9.17, 15) is 14.7 Å². The van der Waals surface area contributed by atoms with Gasteiger partial charge in [-0.15, -0.1) is 0 Å². The van der Waals surface area contributed by atoms with E-state index in [1.165, 1.54) is 11.3 Å². The van der Waals surface area contributed by atoms with Crippen molar-refractivity contribution < 1.29 is 14.7 Å². The number of hydrogen-bond donors (Lipinski definition) is 1. The van der Waals surface area contributed by atoms with Crippen LogP contribution in [-0.2, 0) is 22.7 Å². The summed E-state index contributed by atoms with van der Waals surface area (Å²) in [6.45, 7) is 8.88. The minimum absolute atomic E-state index is 0.0285. The molecule has 0 radical (unpaired) electrons. The number of aryl methyl sites for hydroxylation is 1. The normalized spacial score (nSPS) is 30.2. The molecule has 27 heavy (non-hydrogen) atoms. The van der Waals surface area contributed by atoms with Crippen LogP contribution in [0.15, 0.2) is 18.3 Å². The maximum absolute atomic E-state index is 13.1. The van der Waals surface area contributed by atoms with Crippen molar-refractivity contribution in [2.75, 3.05) is 26.2 Å². The molecule has 2 heterocycles. The first-order chi connectivity index (χ1) is 13.0. The van der Waals surface area contributed by atoms with Gasteiger partial charge in [-0.2, -0.15) is 5.10 Å². The van der Waals surface area contributed by atoms with E-state index >= 15 is 0 Å². The molecule has 2 bridgehead atoms. The number of carboxylic acids is 1. The Kier molecular flexibility index (Phi) is 4.80. The van der Waals surface area contributed by atoms with Crippen LogP contribution < -0.4 is 0 Å². The van der Waals surface area contributed by atoms with Gasteiger partial charge in [0.1, 0.15) is 0 Å². The number of piperazine rings is 1. The van der Waals surface area contributed by atoms with E-state index in [1.54, 1.807) is 0 Å². The summed E-state index contributed by atoms with van der Waals surface area (Å²) in [5.74, 6) is -1.59. The number of aliphatic carboxylic acids is 1. The lowest BCUT2D eigenvalue weighted by Crippen LogP contribution is -2.52. The molecule has 1 saturated heterocycles. The molecule has 0 aromatic carbocycles. The highest BCUT2D eigenvalue weighted by molar-refractivity contribution is 5.87. The summed E-state index contributed by atoms with van der Waals surface area (Å²) in [4.78, 5) is 29.0. The third-order valence-corrected chi connectivity index (χ3v) is 6.61. The smallest absolute Gasteiger partial charge is 0.307 e. The lowest BCUT2D eigenvalue weighted by atomic mass is 9.82. The first kappa shape index (κ1) is 18.2. The van der Waals surface area contributed by atoms with Gasteiger partial charge in [0.25, 0.3) is 0 Å². The zero-order valence-corrected chi connectivity index (χ0v) is 16.0. The van der Waals surface area contributed by atoms with E-state index in [-0.39, 0.29) is 23.7 Å². The van der Waals surface area contributed by atoms with Crippen molar-refractivity contribution in [2.45, 2.75) is 33.4 Å². The number of hydrogen-bond acceptors (Lipinski definition) is 4. The molecule has 1 saturated carbocycles. The Bertz CT molecular complexity index is 763. The molecule has 1 aromatic heterocycles. The van der Waals surface area contributed by atoms with Crippen LogP contribution in [0.1, 0.15) is 24.6 Å². The molecular weight excluding hydrogens is 344 g/mol. The molecule has 146 valence electrons. The fraction of sp³-hybridized carbons (Fsp3) is 0.650. The van der Waals surface area contributed by atoms with E-state index in [4.69, 9.17) is 0 Å². The molecule has 7 nitrogen and oxygen atoms in total. The number of rotatable bonds is 5. The Morgan fingerprint density at radius 1 is 1.15 bits per heavy atom. The first-order valence-electron chi connectivity index (χ1n) is 9.93. The SMILES string of the molecule is CCn1ncc(CN2CCN(C(=O)[C@@H]3[C@@H](C(=O)O)[C@H]4C=C[C@@H]3C4)CC2)c1C. The summed E-state index contributed by atoms with van der Waals surface area (Å²) < 4.78 is 2.00. The molecule has 3 aliphatic rings. The third kappa shape index (κ3) is 3.18. The first-order valence-corrected chi connectivity index (χ1v) is 9.93. The number of carbonyl (C=O) groups excluding carboxylic acids is 1. The average Bonchev–Trinajstić information content (AvgIpc) is 3.37. The van der Waals surface area contributed by atoms with Gasteiger partial charge in [0.15, 0.2) is 0 Å². The van der Waals surface area contributed by atoms with Crippen molar-refractivity contribution in [3.05, 3.63) is 29.6 Å². The van der Waals surface area contributed by atoms with Crippen molar-refractivity contribution in [3.63, 3.8) is 0 Å². The van der Waals surface area contributed by atoms with Crippen LogP contribution in [0.3, 0.4) is 0 Å². The highest BCUT2D eigenvalue weighted by Gasteiger charge is 2.52. The quantitative estimate of drug-likeness (QED) is 0.790. The Balaban J connectivity index is 1.36. The Morgan fingerprint density at radius 2 is 1.81 bits per heavy atom. The molecule has 1 aliphatic heterocycles. The predicted octanol–water partition coefficient (Wildman–Crippen LogP) is 1.38. The summed E-state index contributed by atoms with van der Waals surface area (Å²) >= 11 is 0. The van der Waals surface area contributed by atoms with Gasteiger partial charge in [0.05, 0.1) is 18.0 Å². The number of carboxylic acid groups (broad SMARTS) is 1. The van der Waals surface area contributed by atoms with Gasteiger partial charge in [-0.3, -0.25) is 19.2 Å². The van der Waals surface area contributed by atoms with Gasteiger partial charge < -0.3 is 10.0 Å². The zero-order valence-electron chi connectivity index (χ0n) is 16.0. The summed E-state index contributed by atoms with van der Waals surface area (Å²) in [6, 6.07) is 0. The Labute approximate surface area is 159 Å². The van der Waals surface area contributed by atoms with Gasteiger partial charge in [-0.05, 0) is 32.1 Å². The van der Waals surface area contributed by atoms with E-state index in [1.807, 2.05) is 21.9 Å². The van der Waals surface area contributed by atoms with Gasteiger partial charge in [0, 0.05) is 50.5 Å². The predicted molar refractivity (Wildman–Crippen MR) is 99.8 cm³/mol. The average molecular weight is 372 g/mol. The van der Waals surface area contributed by atoms with Crippen molar-refractivity contribution in [3.8, 4) is 0 Å². The van der Waals surface area contributed by atoms with Crippen LogP contribution in [0.25, 0.3) is 0 Å². The number of aromatic nitrogens is 2. The van der Waals surface area contributed by atoms with Crippen molar-refractivity contribution in [1.29, 1.82) is 0 Å². The second-order valence-corrected chi connectivity index (χ2v) is 8.01. The maximum atomic E-state index is 13.1. The van der Waals surface area contributed by atoms with Crippen LogP contribution in [-0.4, -0.2) is 62.7 Å². The molecule has 4 rings (SSSR count). The number of allylic oxidation sites excluding steroid dienone is 2. The highest BCUT2D eigenvalue weighted by Crippen LogP contribution is 2.48. The zero-order chi connectivity index (χ0) is 19.1. The second-order valence-electron chi connectivity index (χ2n) is 8.01. The Hall–Kier alpha value is -2.15. The number of carbonyl (C=O) groups is 2. The standard InChI is InChI=1S/C20H28N4O3/c1-3-24-13(2)16(11-21-24)12-22-6-8-23(9-7-22)19(25)17-14-4-5-15(10-14)18(17)20(26)27/h4-5,11,14-15,17-18H,3,6-10,12H2,1-2H3,(H,26,27)/t14-,15+,17+,18+/m1/s1. The van der Waals surface area contributed by atoms with Crippen molar-refractivity contribution >= 4 is 11.9 Å². The number of fused-ring (bicyclic) bond motifs is 2. The minimum Gasteiger partial charge on any atom is -0.481 e. The summed E-state index contributed by atoms with van der Waals surface area (Å²) in [5, 5.41) is 14.0. The van der Waals surface area contributed by atoms with Gasteiger partial charge in [0.2, 0.25) is 5.91 Å². The summed E-state index contributed by atoms with van der Waals surface area (Å²) in [7, 11) is 0. The maximum Gasteiger partial charge on any atom is 0.307 e. The van der Waals surface area contributed by atoms with Crippen LogP contribution >= 0.6 is 0 Å². The number of amides is 1. The topological polar surface area (TPSA) is 78.7 Å². The molecule has 0 spiro atoms. The van der Waals surface area contributed by atoms with Gasteiger partial charge >= 0.3 is 5.97 Å². The second kappa shape index (κ2) is 7.11. The van der Waals surface area contributed by atoms with Crippen LogP contribution in [0.5, 0.6) is 0 Å². The van der Waals surface area contributed by atoms with Gasteiger partial charge in [-0.25, -0.2) is 0 Å². The lowest BCUT2D eigenvalue weighted by Gasteiger charge is -2.37. The molecular formula is C20H28N4O3. The molecule has 1 N–H and O–H groups in total. The fourth-order valence-corrected chi connectivity index (χ4v) is 5.03. The monoisotopic (exact) mass is 372 g/mol. The Morgan fingerprint density at radius 3 is 2.41 bits per heavy atom. The number of nitrogens with zero attached hydrogens (tertiary/aromatic N) is 4. The fourth-order valence-electron chi connectivity index (χ4n) is 5.03. The van der Waals surface area contributed by atoms with E-state index < -0.39 is 11.9 Å². The summed E-state index contributed by atoms with van der Waals surface area (Å²) in [5.41, 5.74) is 2.44. The molecule has 4 atom stereocenters. The van der Waals surface area contributed by atoms with Crippen LogP contribution in [0.4, 0.5) is 0 Å².